The summed E-state index contributed by atoms with van der Waals surface area (Å²) in [5.41, 5.74) is 2.86. The monoisotopic (exact) mass is 145 g/mol. The van der Waals surface area contributed by atoms with Gasteiger partial charge in [-0.1, -0.05) is 6.92 Å². The zero-order valence-corrected chi connectivity index (χ0v) is 6.43. The standard InChI is InChI=1S/C7H15NO2/c1-2-8-10-7-3-5-9-6-4-7/h7-8H,2-6H2,1H3. The Morgan fingerprint density at radius 2 is 2.20 bits per heavy atom. The molecule has 0 amide bonds. The lowest BCUT2D eigenvalue weighted by Crippen LogP contribution is -2.29. The van der Waals surface area contributed by atoms with Crippen LogP contribution in [-0.4, -0.2) is 25.9 Å². The summed E-state index contributed by atoms with van der Waals surface area (Å²) in [5, 5.41) is 0. The molecular weight excluding hydrogens is 130 g/mol. The van der Waals surface area contributed by atoms with E-state index in [1.54, 1.807) is 0 Å². The van der Waals surface area contributed by atoms with Crippen LogP contribution >= 0.6 is 0 Å². The van der Waals surface area contributed by atoms with Gasteiger partial charge in [-0.25, -0.2) is 5.48 Å². The first-order valence-corrected chi connectivity index (χ1v) is 3.89. The summed E-state index contributed by atoms with van der Waals surface area (Å²) < 4.78 is 5.17. The molecule has 1 saturated heterocycles. The van der Waals surface area contributed by atoms with E-state index in [2.05, 4.69) is 5.48 Å². The van der Waals surface area contributed by atoms with Crippen LogP contribution in [0.2, 0.25) is 0 Å². The van der Waals surface area contributed by atoms with Crippen molar-refractivity contribution < 1.29 is 9.57 Å². The maximum absolute atomic E-state index is 5.30. The molecule has 0 unspecified atom stereocenters. The highest BCUT2D eigenvalue weighted by molar-refractivity contribution is 4.60. The highest BCUT2D eigenvalue weighted by Gasteiger charge is 2.13. The van der Waals surface area contributed by atoms with Crippen molar-refractivity contribution in [2.45, 2.75) is 25.9 Å². The first-order chi connectivity index (χ1) is 4.93. The van der Waals surface area contributed by atoms with Gasteiger partial charge < -0.3 is 4.74 Å². The Labute approximate surface area is 61.7 Å². The zero-order chi connectivity index (χ0) is 7.23. The minimum atomic E-state index is 0.369. The van der Waals surface area contributed by atoms with Crippen molar-refractivity contribution in [3.05, 3.63) is 0 Å². The second kappa shape index (κ2) is 4.66. The topological polar surface area (TPSA) is 30.5 Å². The largest absolute Gasteiger partial charge is 0.381 e. The minimum Gasteiger partial charge on any atom is -0.381 e. The molecule has 0 saturated carbocycles. The van der Waals surface area contributed by atoms with Gasteiger partial charge in [0.25, 0.3) is 0 Å². The molecule has 0 aromatic heterocycles. The van der Waals surface area contributed by atoms with Crippen molar-refractivity contribution in [3.63, 3.8) is 0 Å². The van der Waals surface area contributed by atoms with Gasteiger partial charge in [0.2, 0.25) is 0 Å². The maximum atomic E-state index is 5.30. The number of nitrogens with one attached hydrogen (secondary N) is 1. The van der Waals surface area contributed by atoms with E-state index in [0.717, 1.165) is 32.6 Å². The third-order valence-electron chi connectivity index (χ3n) is 1.56. The molecule has 0 aromatic carbocycles. The van der Waals surface area contributed by atoms with Crippen LogP contribution in [0, 0.1) is 0 Å². The summed E-state index contributed by atoms with van der Waals surface area (Å²) in [4.78, 5) is 5.30. The summed E-state index contributed by atoms with van der Waals surface area (Å²) >= 11 is 0. The van der Waals surface area contributed by atoms with Crippen molar-refractivity contribution in [1.29, 1.82) is 0 Å². The molecule has 1 fully saturated rings. The molecule has 0 radical (unpaired) electrons. The van der Waals surface area contributed by atoms with E-state index in [9.17, 15) is 0 Å². The van der Waals surface area contributed by atoms with E-state index in [1.807, 2.05) is 6.92 Å². The highest BCUT2D eigenvalue weighted by Crippen LogP contribution is 2.08. The van der Waals surface area contributed by atoms with Crippen molar-refractivity contribution in [2.75, 3.05) is 19.8 Å². The van der Waals surface area contributed by atoms with Gasteiger partial charge in [-0.2, -0.15) is 0 Å². The predicted molar refractivity (Wildman–Crippen MR) is 38.6 cm³/mol. The Balaban J connectivity index is 2.02. The van der Waals surface area contributed by atoms with E-state index >= 15 is 0 Å². The Kier molecular flexibility index (Phi) is 3.72. The molecule has 1 aliphatic heterocycles. The number of rotatable bonds is 3. The van der Waals surface area contributed by atoms with Crippen LogP contribution < -0.4 is 5.48 Å². The fourth-order valence-corrected chi connectivity index (χ4v) is 0.995. The van der Waals surface area contributed by atoms with Crippen LogP contribution in [0.25, 0.3) is 0 Å². The lowest BCUT2D eigenvalue weighted by atomic mass is 10.2. The summed E-state index contributed by atoms with van der Waals surface area (Å²) in [7, 11) is 0. The molecule has 1 aliphatic rings. The fraction of sp³-hybridized carbons (Fsp3) is 1.00. The van der Waals surface area contributed by atoms with Crippen LogP contribution in [0.4, 0.5) is 0 Å². The van der Waals surface area contributed by atoms with E-state index in [-0.39, 0.29) is 0 Å². The van der Waals surface area contributed by atoms with Gasteiger partial charge in [-0.05, 0) is 12.8 Å². The van der Waals surface area contributed by atoms with Crippen molar-refractivity contribution in [2.24, 2.45) is 0 Å². The molecule has 1 N–H and O–H groups in total. The van der Waals surface area contributed by atoms with Crippen LogP contribution in [0.1, 0.15) is 19.8 Å². The molecule has 60 valence electrons. The van der Waals surface area contributed by atoms with Gasteiger partial charge in [0.05, 0.1) is 6.10 Å². The number of hydroxylamine groups is 1. The number of ether oxygens (including phenoxy) is 1. The molecule has 0 aliphatic carbocycles. The lowest BCUT2D eigenvalue weighted by Gasteiger charge is -2.21. The quantitative estimate of drug-likeness (QED) is 0.593. The summed E-state index contributed by atoms with van der Waals surface area (Å²) in [6, 6.07) is 0. The first-order valence-electron chi connectivity index (χ1n) is 3.89. The second-order valence-electron chi connectivity index (χ2n) is 2.43. The van der Waals surface area contributed by atoms with Crippen LogP contribution in [-0.2, 0) is 9.57 Å². The van der Waals surface area contributed by atoms with E-state index in [4.69, 9.17) is 9.57 Å². The highest BCUT2D eigenvalue weighted by atomic mass is 16.7. The van der Waals surface area contributed by atoms with Gasteiger partial charge in [-0.15, -0.1) is 0 Å². The predicted octanol–water partition coefficient (Wildman–Crippen LogP) is 0.707. The molecule has 0 aromatic rings. The molecule has 1 rings (SSSR count). The van der Waals surface area contributed by atoms with Gasteiger partial charge in [0.1, 0.15) is 0 Å². The van der Waals surface area contributed by atoms with E-state index < -0.39 is 0 Å². The minimum absolute atomic E-state index is 0.369. The van der Waals surface area contributed by atoms with Gasteiger partial charge >= 0.3 is 0 Å². The molecular formula is C7H15NO2. The van der Waals surface area contributed by atoms with Gasteiger partial charge in [0.15, 0.2) is 0 Å². The Bertz CT molecular complexity index is 81.7. The maximum Gasteiger partial charge on any atom is 0.0834 e. The molecule has 0 bridgehead atoms. The molecule has 3 heteroatoms. The lowest BCUT2D eigenvalue weighted by molar-refractivity contribution is -0.0760. The van der Waals surface area contributed by atoms with Gasteiger partial charge in [0, 0.05) is 19.8 Å². The molecule has 0 spiro atoms. The van der Waals surface area contributed by atoms with E-state index in [1.165, 1.54) is 0 Å². The molecule has 10 heavy (non-hydrogen) atoms. The fourth-order valence-electron chi connectivity index (χ4n) is 0.995. The van der Waals surface area contributed by atoms with Crippen molar-refractivity contribution in [1.82, 2.24) is 5.48 Å². The van der Waals surface area contributed by atoms with Crippen LogP contribution in [0.15, 0.2) is 0 Å². The molecule has 0 atom stereocenters. The first kappa shape index (κ1) is 7.98. The summed E-state index contributed by atoms with van der Waals surface area (Å²) in [6.07, 6.45) is 2.41. The molecule has 1 heterocycles. The summed E-state index contributed by atoms with van der Waals surface area (Å²) in [6.45, 7) is 4.59. The Morgan fingerprint density at radius 3 is 2.80 bits per heavy atom. The second-order valence-corrected chi connectivity index (χ2v) is 2.43. The van der Waals surface area contributed by atoms with Crippen molar-refractivity contribution in [3.8, 4) is 0 Å². The number of hydrogen-bond donors (Lipinski definition) is 1. The molecule has 3 nitrogen and oxygen atoms in total. The SMILES string of the molecule is CCNOC1CCOCC1. The van der Waals surface area contributed by atoms with E-state index in [0.29, 0.717) is 6.10 Å². The smallest absolute Gasteiger partial charge is 0.0834 e. The van der Waals surface area contributed by atoms with Gasteiger partial charge in [-0.3, -0.25) is 4.84 Å². The zero-order valence-electron chi connectivity index (χ0n) is 6.43. The summed E-state index contributed by atoms with van der Waals surface area (Å²) in [5.74, 6) is 0. The average molecular weight is 145 g/mol. The van der Waals surface area contributed by atoms with Crippen LogP contribution in [0.3, 0.4) is 0 Å². The normalized spacial score (nSPS) is 21.3. The third-order valence-corrected chi connectivity index (χ3v) is 1.56. The van der Waals surface area contributed by atoms with Crippen LogP contribution in [0.5, 0.6) is 0 Å². The van der Waals surface area contributed by atoms with Crippen molar-refractivity contribution >= 4 is 0 Å². The Morgan fingerprint density at radius 1 is 1.50 bits per heavy atom. The number of hydrogen-bond acceptors (Lipinski definition) is 3. The Hall–Kier alpha value is -0.120. The third kappa shape index (κ3) is 2.64. The average Bonchev–Trinajstić information content (AvgIpc) is 2.03.